The fraction of sp³-hybridized carbons (Fsp3) is 0.700. The Bertz CT molecular complexity index is 271. The zero-order valence-electron chi connectivity index (χ0n) is 6.74. The number of rotatable bonds is 0. The topological polar surface area (TPSA) is 17.1 Å². The van der Waals surface area contributed by atoms with Gasteiger partial charge in [0.05, 0.1) is 5.38 Å². The molecule has 0 aromatic carbocycles. The van der Waals surface area contributed by atoms with Crippen LogP contribution in [0.4, 0.5) is 0 Å². The normalized spacial score (nSPS) is 55.1. The second-order valence-electron chi connectivity index (χ2n) is 4.22. The monoisotopic (exact) mass is 182 g/mol. The van der Waals surface area contributed by atoms with Gasteiger partial charge in [0, 0.05) is 5.92 Å². The molecule has 2 heteroatoms. The lowest BCUT2D eigenvalue weighted by Gasteiger charge is -2.26. The van der Waals surface area contributed by atoms with Gasteiger partial charge in [-0.1, -0.05) is 12.2 Å². The molecule has 2 fully saturated rings. The number of ketones is 1. The zero-order valence-corrected chi connectivity index (χ0v) is 7.50. The van der Waals surface area contributed by atoms with Crippen molar-refractivity contribution in [3.05, 3.63) is 12.2 Å². The van der Waals surface area contributed by atoms with Gasteiger partial charge < -0.3 is 0 Å². The molecule has 3 aliphatic rings. The van der Waals surface area contributed by atoms with Gasteiger partial charge in [-0.3, -0.25) is 4.79 Å². The molecule has 0 N–H and O–H groups in total. The van der Waals surface area contributed by atoms with Crippen LogP contribution in [0.2, 0.25) is 0 Å². The van der Waals surface area contributed by atoms with E-state index in [-0.39, 0.29) is 11.3 Å². The number of hydrogen-bond donors (Lipinski definition) is 0. The number of allylic oxidation sites excluding steroid dienone is 2. The minimum absolute atomic E-state index is 0.156. The number of fused-ring (bicyclic) bond motifs is 5. The molecule has 2 saturated carbocycles. The van der Waals surface area contributed by atoms with Crippen LogP contribution in [0.5, 0.6) is 0 Å². The maximum Gasteiger partial charge on any atom is 0.154 e. The van der Waals surface area contributed by atoms with E-state index in [1.165, 1.54) is 0 Å². The lowest BCUT2D eigenvalue weighted by Crippen LogP contribution is -2.33. The lowest BCUT2D eigenvalue weighted by molar-refractivity contribution is -0.123. The summed E-state index contributed by atoms with van der Waals surface area (Å²) in [6.07, 6.45) is 6.67. The van der Waals surface area contributed by atoms with Crippen molar-refractivity contribution >= 4 is 17.4 Å². The molecule has 0 aromatic rings. The van der Waals surface area contributed by atoms with Gasteiger partial charge in [-0.15, -0.1) is 11.6 Å². The number of Topliss-reactive ketones (excluding diaryl/α,β-unsaturated/α-hetero) is 1. The molecule has 0 aliphatic heterocycles. The number of alkyl halides is 1. The number of carbonyl (C=O) groups excluding carboxylic acids is 1. The average Bonchev–Trinajstić information content (AvgIpc) is 2.63. The highest BCUT2D eigenvalue weighted by molar-refractivity contribution is 6.32. The largest absolute Gasteiger partial charge is 0.298 e. The molecule has 5 unspecified atom stereocenters. The summed E-state index contributed by atoms with van der Waals surface area (Å²) < 4.78 is 0. The third-order valence-corrected chi connectivity index (χ3v) is 4.35. The van der Waals surface area contributed by atoms with Gasteiger partial charge in [0.15, 0.2) is 5.78 Å². The van der Waals surface area contributed by atoms with Gasteiger partial charge >= 0.3 is 0 Å². The molecule has 2 bridgehead atoms. The molecule has 3 rings (SSSR count). The number of hydrogen-bond acceptors (Lipinski definition) is 1. The fourth-order valence-electron chi connectivity index (χ4n) is 3.27. The standard InChI is InChI=1S/C10H11ClO/c11-9-7-4-8(10(9)12)6-3-1-2-5(6)7/h1,3,5-9H,2,4H2. The van der Waals surface area contributed by atoms with E-state index in [0.29, 0.717) is 23.5 Å². The molecule has 0 aromatic heterocycles. The molecule has 12 heavy (non-hydrogen) atoms. The van der Waals surface area contributed by atoms with Crippen LogP contribution in [-0.4, -0.2) is 11.2 Å². The maximum absolute atomic E-state index is 11.5. The van der Waals surface area contributed by atoms with Crippen molar-refractivity contribution < 1.29 is 4.79 Å². The average molecular weight is 183 g/mol. The third kappa shape index (κ3) is 0.646. The van der Waals surface area contributed by atoms with Crippen molar-refractivity contribution in [3.8, 4) is 0 Å². The quantitative estimate of drug-likeness (QED) is 0.414. The van der Waals surface area contributed by atoms with Crippen molar-refractivity contribution in [2.45, 2.75) is 18.2 Å². The molecule has 0 radical (unpaired) electrons. The second kappa shape index (κ2) is 2.14. The van der Waals surface area contributed by atoms with Crippen LogP contribution in [0.3, 0.4) is 0 Å². The van der Waals surface area contributed by atoms with Crippen molar-refractivity contribution in [2.75, 3.05) is 0 Å². The first-order valence-corrected chi connectivity index (χ1v) is 5.07. The van der Waals surface area contributed by atoms with Crippen LogP contribution in [-0.2, 0) is 4.79 Å². The Labute approximate surface area is 76.8 Å². The predicted molar refractivity (Wildman–Crippen MR) is 47.0 cm³/mol. The van der Waals surface area contributed by atoms with Crippen LogP contribution in [0, 0.1) is 23.7 Å². The lowest BCUT2D eigenvalue weighted by atomic mass is 9.80. The highest BCUT2D eigenvalue weighted by Crippen LogP contribution is 2.56. The first-order chi connectivity index (χ1) is 5.79. The molecule has 0 saturated heterocycles. The van der Waals surface area contributed by atoms with Crippen LogP contribution in [0.15, 0.2) is 12.2 Å². The van der Waals surface area contributed by atoms with Crippen molar-refractivity contribution in [1.82, 2.24) is 0 Å². The van der Waals surface area contributed by atoms with E-state index >= 15 is 0 Å². The van der Waals surface area contributed by atoms with Crippen molar-refractivity contribution in [1.29, 1.82) is 0 Å². The van der Waals surface area contributed by atoms with Gasteiger partial charge in [0.25, 0.3) is 0 Å². The summed E-state index contributed by atoms with van der Waals surface area (Å²) in [6, 6.07) is 0. The van der Waals surface area contributed by atoms with Crippen LogP contribution >= 0.6 is 11.6 Å². The smallest absolute Gasteiger partial charge is 0.154 e. The van der Waals surface area contributed by atoms with E-state index in [2.05, 4.69) is 12.2 Å². The molecule has 5 atom stereocenters. The summed E-state index contributed by atoms with van der Waals surface area (Å²) in [5.41, 5.74) is 0. The summed E-state index contributed by atoms with van der Waals surface area (Å²) in [5.74, 6) is 2.34. The Hall–Kier alpha value is -0.300. The predicted octanol–water partition coefficient (Wildman–Crippen LogP) is 2.00. The van der Waals surface area contributed by atoms with Crippen LogP contribution in [0.25, 0.3) is 0 Å². The zero-order chi connectivity index (χ0) is 8.29. The minimum atomic E-state index is -0.156. The van der Waals surface area contributed by atoms with E-state index in [1.54, 1.807) is 0 Å². The molecule has 3 aliphatic carbocycles. The molecular formula is C10H11ClO. The molecule has 64 valence electrons. The van der Waals surface area contributed by atoms with E-state index in [9.17, 15) is 4.79 Å². The van der Waals surface area contributed by atoms with E-state index in [1.807, 2.05) is 0 Å². The third-order valence-electron chi connectivity index (χ3n) is 3.81. The molecular weight excluding hydrogens is 172 g/mol. The molecule has 1 nitrogen and oxygen atoms in total. The van der Waals surface area contributed by atoms with Gasteiger partial charge in [-0.05, 0) is 30.6 Å². The first kappa shape index (κ1) is 7.14. The maximum atomic E-state index is 11.5. The first-order valence-electron chi connectivity index (χ1n) is 4.63. The second-order valence-corrected chi connectivity index (χ2v) is 4.69. The van der Waals surface area contributed by atoms with Crippen molar-refractivity contribution in [3.63, 3.8) is 0 Å². The van der Waals surface area contributed by atoms with Crippen LogP contribution < -0.4 is 0 Å². The molecule has 0 amide bonds. The minimum Gasteiger partial charge on any atom is -0.298 e. The van der Waals surface area contributed by atoms with Gasteiger partial charge in [0.2, 0.25) is 0 Å². The van der Waals surface area contributed by atoms with Crippen molar-refractivity contribution in [2.24, 2.45) is 23.7 Å². The Kier molecular flexibility index (Phi) is 1.27. The van der Waals surface area contributed by atoms with E-state index in [0.717, 1.165) is 12.8 Å². The number of carbonyl (C=O) groups is 1. The summed E-state index contributed by atoms with van der Waals surface area (Å²) in [5, 5.41) is -0.156. The summed E-state index contributed by atoms with van der Waals surface area (Å²) in [4.78, 5) is 11.5. The number of halogens is 1. The van der Waals surface area contributed by atoms with Gasteiger partial charge in [-0.25, -0.2) is 0 Å². The highest BCUT2D eigenvalue weighted by Gasteiger charge is 2.56. The van der Waals surface area contributed by atoms with E-state index in [4.69, 9.17) is 11.6 Å². The Morgan fingerprint density at radius 3 is 3.08 bits per heavy atom. The highest BCUT2D eigenvalue weighted by atomic mass is 35.5. The Morgan fingerprint density at radius 1 is 1.42 bits per heavy atom. The van der Waals surface area contributed by atoms with Crippen LogP contribution in [0.1, 0.15) is 12.8 Å². The summed E-state index contributed by atoms with van der Waals surface area (Å²) >= 11 is 6.05. The van der Waals surface area contributed by atoms with Gasteiger partial charge in [0.1, 0.15) is 0 Å². The Balaban J connectivity index is 2.00. The van der Waals surface area contributed by atoms with E-state index < -0.39 is 0 Å². The summed E-state index contributed by atoms with van der Waals surface area (Å²) in [7, 11) is 0. The van der Waals surface area contributed by atoms with Gasteiger partial charge in [-0.2, -0.15) is 0 Å². The molecule has 0 heterocycles. The molecule has 0 spiro atoms. The fourth-order valence-corrected chi connectivity index (χ4v) is 3.72. The summed E-state index contributed by atoms with van der Waals surface area (Å²) in [6.45, 7) is 0. The SMILES string of the molecule is O=C1C(Cl)C2CC1C1C=CCC12. The Morgan fingerprint density at radius 2 is 2.25 bits per heavy atom.